The van der Waals surface area contributed by atoms with Gasteiger partial charge in [-0.3, -0.25) is 4.98 Å². The normalized spacial score (nSPS) is 11.0. The van der Waals surface area contributed by atoms with Gasteiger partial charge in [0.05, 0.1) is 11.6 Å². The van der Waals surface area contributed by atoms with Crippen LogP contribution in [0.1, 0.15) is 5.56 Å². The number of rotatable bonds is 3. The monoisotopic (exact) mass is 422 g/mol. The molecule has 0 amide bonds. The number of hydrogen-bond donors (Lipinski definition) is 0. The summed E-state index contributed by atoms with van der Waals surface area (Å²) in [4.78, 5) is 4.19. The van der Waals surface area contributed by atoms with Gasteiger partial charge in [-0.2, -0.15) is 5.26 Å². The maximum absolute atomic E-state index is 9.85. The van der Waals surface area contributed by atoms with E-state index in [1.807, 2.05) is 60.7 Å². The zero-order valence-corrected chi connectivity index (χ0v) is 17.7. The van der Waals surface area contributed by atoms with Gasteiger partial charge in [0.2, 0.25) is 0 Å². The Bertz CT molecular complexity index is 1660. The summed E-state index contributed by atoms with van der Waals surface area (Å²) < 4.78 is 6.52. The Labute approximate surface area is 191 Å². The molecule has 0 saturated carbocycles. The summed E-state index contributed by atoms with van der Waals surface area (Å²) in [5, 5.41) is 12.0. The summed E-state index contributed by atoms with van der Waals surface area (Å²) >= 11 is 0. The van der Waals surface area contributed by atoms with E-state index < -0.39 is 0 Å². The number of nitriles is 1. The van der Waals surface area contributed by atoms with E-state index in [2.05, 4.69) is 47.5 Å². The molecule has 2 aromatic heterocycles. The molecule has 0 N–H and O–H groups in total. The molecule has 0 radical (unpaired) electrons. The Hall–Kier alpha value is -4.68. The number of nitrogens with zero attached hydrogens (tertiary/aromatic N) is 2. The highest BCUT2D eigenvalue weighted by molar-refractivity contribution is 6.13. The average molecular weight is 422 g/mol. The van der Waals surface area contributed by atoms with E-state index in [4.69, 9.17) is 4.42 Å². The van der Waals surface area contributed by atoms with Crippen LogP contribution in [0.3, 0.4) is 0 Å². The minimum absolute atomic E-state index is 0.610. The number of pyridine rings is 1. The second-order valence-corrected chi connectivity index (χ2v) is 7.95. The van der Waals surface area contributed by atoms with E-state index in [0.29, 0.717) is 5.56 Å². The van der Waals surface area contributed by atoms with Crippen LogP contribution in [0, 0.1) is 11.3 Å². The van der Waals surface area contributed by atoms with Crippen molar-refractivity contribution in [1.29, 1.82) is 5.26 Å². The predicted octanol–water partition coefficient (Wildman–Crippen LogP) is 7.85. The second-order valence-electron chi connectivity index (χ2n) is 7.95. The highest BCUT2D eigenvalue weighted by Crippen LogP contribution is 2.40. The summed E-state index contributed by atoms with van der Waals surface area (Å²) in [5.74, 6) is 0. The van der Waals surface area contributed by atoms with Crippen molar-refractivity contribution in [2.45, 2.75) is 0 Å². The molecular weight excluding hydrogens is 404 g/mol. The molecule has 0 aliphatic carbocycles. The summed E-state index contributed by atoms with van der Waals surface area (Å²) in [5.41, 5.74) is 8.22. The lowest BCUT2D eigenvalue weighted by Gasteiger charge is -2.08. The molecule has 0 aliphatic heterocycles. The minimum atomic E-state index is 0.610. The maximum Gasteiger partial charge on any atom is 0.143 e. The van der Waals surface area contributed by atoms with Crippen molar-refractivity contribution in [1.82, 2.24) is 4.98 Å². The first-order valence-corrected chi connectivity index (χ1v) is 10.8. The summed E-state index contributed by atoms with van der Waals surface area (Å²) in [6, 6.07) is 34.9. The lowest BCUT2D eigenvalue weighted by molar-refractivity contribution is 0.671. The Balaban J connectivity index is 1.56. The van der Waals surface area contributed by atoms with Gasteiger partial charge < -0.3 is 4.42 Å². The molecule has 0 atom stereocenters. The highest BCUT2D eigenvalue weighted by atomic mass is 16.3. The molecule has 6 rings (SSSR count). The van der Waals surface area contributed by atoms with E-state index in [-0.39, 0.29) is 0 Å². The Kier molecular flexibility index (Phi) is 4.49. The largest absolute Gasteiger partial charge is 0.455 e. The fourth-order valence-electron chi connectivity index (χ4n) is 4.47. The molecule has 2 heterocycles. The highest BCUT2D eigenvalue weighted by Gasteiger charge is 2.16. The van der Waals surface area contributed by atoms with Crippen molar-refractivity contribution >= 4 is 21.9 Å². The first kappa shape index (κ1) is 19.0. The van der Waals surface area contributed by atoms with Crippen LogP contribution in [0.5, 0.6) is 0 Å². The molecule has 33 heavy (non-hydrogen) atoms. The van der Waals surface area contributed by atoms with Gasteiger partial charge in [-0.05, 0) is 23.3 Å². The third-order valence-electron chi connectivity index (χ3n) is 6.03. The van der Waals surface area contributed by atoms with Crippen LogP contribution in [0.4, 0.5) is 0 Å². The number of hydrogen-bond acceptors (Lipinski definition) is 3. The van der Waals surface area contributed by atoms with Crippen LogP contribution in [0.15, 0.2) is 114 Å². The Morgan fingerprint density at radius 2 is 1.30 bits per heavy atom. The van der Waals surface area contributed by atoms with Gasteiger partial charge in [-0.25, -0.2) is 0 Å². The lowest BCUT2D eigenvalue weighted by atomic mass is 9.95. The fourth-order valence-corrected chi connectivity index (χ4v) is 4.47. The standard InChI is InChI=1S/C30H18N2O/c31-18-23-17-21(14-15-24(23)22-9-6-16-32-19-22)26-11-5-13-28-27-12-4-10-25(29(27)33-30(26)28)20-7-2-1-3-8-20/h1-17,19H. The second kappa shape index (κ2) is 7.78. The summed E-state index contributed by atoms with van der Waals surface area (Å²) in [6.07, 6.45) is 3.51. The molecule has 0 aliphatic rings. The zero-order chi connectivity index (χ0) is 22.2. The summed E-state index contributed by atoms with van der Waals surface area (Å²) in [7, 11) is 0. The molecule has 0 saturated heterocycles. The number of fused-ring (bicyclic) bond motifs is 3. The van der Waals surface area contributed by atoms with E-state index in [1.165, 1.54) is 0 Å². The van der Waals surface area contributed by atoms with Crippen LogP contribution in [-0.4, -0.2) is 4.98 Å². The van der Waals surface area contributed by atoms with E-state index >= 15 is 0 Å². The van der Waals surface area contributed by atoms with Gasteiger partial charge in [0.1, 0.15) is 11.2 Å². The van der Waals surface area contributed by atoms with E-state index in [0.717, 1.165) is 55.3 Å². The number of aromatic nitrogens is 1. The third kappa shape index (κ3) is 3.17. The molecule has 0 bridgehead atoms. The van der Waals surface area contributed by atoms with E-state index in [9.17, 15) is 5.26 Å². The number of para-hydroxylation sites is 2. The quantitative estimate of drug-likeness (QED) is 0.292. The smallest absolute Gasteiger partial charge is 0.143 e. The third-order valence-corrected chi connectivity index (χ3v) is 6.03. The predicted molar refractivity (Wildman–Crippen MR) is 133 cm³/mol. The summed E-state index contributed by atoms with van der Waals surface area (Å²) in [6.45, 7) is 0. The first-order valence-electron chi connectivity index (χ1n) is 10.8. The molecule has 0 unspecified atom stereocenters. The van der Waals surface area contributed by atoms with Crippen molar-refractivity contribution < 1.29 is 4.42 Å². The molecule has 4 aromatic carbocycles. The SMILES string of the molecule is N#Cc1cc(-c2cccc3c2oc2c(-c4ccccc4)cccc23)ccc1-c1cccnc1. The molecule has 0 fully saturated rings. The van der Waals surface area contributed by atoms with Crippen molar-refractivity contribution in [3.8, 4) is 39.4 Å². The van der Waals surface area contributed by atoms with Gasteiger partial charge >= 0.3 is 0 Å². The molecule has 6 aromatic rings. The van der Waals surface area contributed by atoms with Crippen molar-refractivity contribution in [2.24, 2.45) is 0 Å². The van der Waals surface area contributed by atoms with Gasteiger partial charge in [-0.15, -0.1) is 0 Å². The van der Waals surface area contributed by atoms with Crippen molar-refractivity contribution in [2.75, 3.05) is 0 Å². The lowest BCUT2D eigenvalue weighted by Crippen LogP contribution is -1.88. The van der Waals surface area contributed by atoms with Crippen LogP contribution >= 0.6 is 0 Å². The van der Waals surface area contributed by atoms with Gasteiger partial charge in [0, 0.05) is 45.4 Å². The molecule has 0 spiro atoms. The Morgan fingerprint density at radius 3 is 1.97 bits per heavy atom. The topological polar surface area (TPSA) is 49.8 Å². The van der Waals surface area contributed by atoms with Crippen molar-refractivity contribution in [3.63, 3.8) is 0 Å². The fraction of sp³-hybridized carbons (Fsp3) is 0. The van der Waals surface area contributed by atoms with Gasteiger partial charge in [0.15, 0.2) is 0 Å². The number of benzene rings is 4. The minimum Gasteiger partial charge on any atom is -0.455 e. The first-order chi connectivity index (χ1) is 16.3. The van der Waals surface area contributed by atoms with E-state index in [1.54, 1.807) is 12.4 Å². The maximum atomic E-state index is 9.85. The molecule has 154 valence electrons. The van der Waals surface area contributed by atoms with Crippen LogP contribution in [0.2, 0.25) is 0 Å². The number of furan rings is 1. The molecule has 3 heteroatoms. The Morgan fingerprint density at radius 1 is 0.606 bits per heavy atom. The van der Waals surface area contributed by atoms with Crippen LogP contribution in [-0.2, 0) is 0 Å². The molecule has 3 nitrogen and oxygen atoms in total. The molecular formula is C30H18N2O. The average Bonchev–Trinajstić information content (AvgIpc) is 3.28. The van der Waals surface area contributed by atoms with Crippen LogP contribution < -0.4 is 0 Å². The van der Waals surface area contributed by atoms with Crippen molar-refractivity contribution in [3.05, 3.63) is 115 Å². The van der Waals surface area contributed by atoms with Crippen LogP contribution in [0.25, 0.3) is 55.3 Å². The zero-order valence-electron chi connectivity index (χ0n) is 17.7. The van der Waals surface area contributed by atoms with Gasteiger partial charge in [-0.1, -0.05) is 84.9 Å². The van der Waals surface area contributed by atoms with Gasteiger partial charge in [0.25, 0.3) is 0 Å².